The molecule has 1 aromatic rings. The van der Waals surface area contributed by atoms with Gasteiger partial charge >= 0.3 is 6.09 Å². The zero-order chi connectivity index (χ0) is 13.2. The summed E-state index contributed by atoms with van der Waals surface area (Å²) in [6, 6.07) is 6.40. The number of nitrogens with one attached hydrogen (secondary N) is 1. The Balaban J connectivity index is 2.51. The van der Waals surface area contributed by atoms with Crippen molar-refractivity contribution < 1.29 is 14.3 Å². The topological polar surface area (TPSA) is 52.6 Å². The molecule has 0 spiro atoms. The predicted octanol–water partition coefficient (Wildman–Crippen LogP) is 2.01. The maximum absolute atomic E-state index is 14.0. The molecule has 0 bridgehead atoms. The molecule has 1 aromatic carbocycles. The van der Waals surface area contributed by atoms with E-state index in [2.05, 4.69) is 5.32 Å². The molecule has 1 unspecified atom stereocenters. The Kier molecular flexibility index (Phi) is 3.52. The maximum Gasteiger partial charge on any atom is 0.408 e. The summed E-state index contributed by atoms with van der Waals surface area (Å²) in [7, 11) is 0. The van der Waals surface area contributed by atoms with Gasteiger partial charge in [-0.2, -0.15) is 0 Å². The number of carboxylic acid groups (broad SMARTS) is 1. The van der Waals surface area contributed by atoms with Crippen LogP contribution in [0.4, 0.5) is 9.18 Å². The molecule has 0 radical (unpaired) electrons. The van der Waals surface area contributed by atoms with Crippen molar-refractivity contribution in [1.29, 1.82) is 0 Å². The zero-order valence-electron chi connectivity index (χ0n) is 10.3. The zero-order valence-corrected chi connectivity index (χ0v) is 10.3. The summed E-state index contributed by atoms with van der Waals surface area (Å²) in [5.74, 6) is -0.352. The van der Waals surface area contributed by atoms with Crippen LogP contribution in [0, 0.1) is 5.82 Å². The average Bonchev–Trinajstić information content (AvgIpc) is 2.39. The highest BCUT2D eigenvalue weighted by atomic mass is 19.1. The first-order chi connectivity index (χ1) is 8.62. The number of nitrogens with zero attached hydrogens (tertiary/aromatic N) is 1. The second kappa shape index (κ2) is 4.94. The van der Waals surface area contributed by atoms with Gasteiger partial charge in [0.25, 0.3) is 0 Å². The van der Waals surface area contributed by atoms with Crippen molar-refractivity contribution in [3.05, 3.63) is 35.6 Å². The van der Waals surface area contributed by atoms with Gasteiger partial charge in [0, 0.05) is 25.2 Å². The smallest absolute Gasteiger partial charge is 0.408 e. The second-order valence-electron chi connectivity index (χ2n) is 4.48. The van der Waals surface area contributed by atoms with Gasteiger partial charge in [-0.15, -0.1) is 0 Å². The van der Waals surface area contributed by atoms with Gasteiger partial charge < -0.3 is 10.4 Å². The first-order valence-electron chi connectivity index (χ1n) is 6.08. The number of amides is 1. The lowest BCUT2D eigenvalue weighted by Gasteiger charge is -2.46. The van der Waals surface area contributed by atoms with E-state index in [0.29, 0.717) is 31.6 Å². The molecule has 0 aliphatic carbocycles. The summed E-state index contributed by atoms with van der Waals surface area (Å²) in [5.41, 5.74) is -0.364. The van der Waals surface area contributed by atoms with Crippen LogP contribution in [0.5, 0.6) is 0 Å². The second-order valence-corrected chi connectivity index (χ2v) is 4.48. The molecule has 0 aromatic heterocycles. The fourth-order valence-corrected chi connectivity index (χ4v) is 2.66. The highest BCUT2D eigenvalue weighted by molar-refractivity contribution is 5.67. The van der Waals surface area contributed by atoms with E-state index in [1.807, 2.05) is 6.92 Å². The fraction of sp³-hybridized carbons (Fsp3) is 0.462. The van der Waals surface area contributed by atoms with Crippen molar-refractivity contribution >= 4 is 6.09 Å². The number of piperazine rings is 1. The molecule has 1 heterocycles. The number of hydrogen-bond donors (Lipinski definition) is 2. The monoisotopic (exact) mass is 252 g/mol. The van der Waals surface area contributed by atoms with E-state index >= 15 is 0 Å². The van der Waals surface area contributed by atoms with E-state index in [0.717, 1.165) is 0 Å². The molecule has 1 amide bonds. The van der Waals surface area contributed by atoms with E-state index < -0.39 is 11.6 Å². The quantitative estimate of drug-likeness (QED) is 0.846. The lowest BCUT2D eigenvalue weighted by Crippen LogP contribution is -2.60. The van der Waals surface area contributed by atoms with Crippen LogP contribution in [0.3, 0.4) is 0 Å². The predicted molar refractivity (Wildman–Crippen MR) is 66.0 cm³/mol. The Morgan fingerprint density at radius 3 is 2.89 bits per heavy atom. The van der Waals surface area contributed by atoms with Gasteiger partial charge in [0.1, 0.15) is 5.82 Å². The molecule has 5 heteroatoms. The molecule has 1 aliphatic heterocycles. The molecule has 2 rings (SSSR count). The van der Waals surface area contributed by atoms with Crippen molar-refractivity contribution in [2.75, 3.05) is 19.6 Å². The third kappa shape index (κ3) is 1.95. The van der Waals surface area contributed by atoms with Crippen LogP contribution in [0.1, 0.15) is 18.9 Å². The first-order valence-corrected chi connectivity index (χ1v) is 6.08. The maximum atomic E-state index is 14.0. The van der Waals surface area contributed by atoms with E-state index in [-0.39, 0.29) is 5.82 Å². The van der Waals surface area contributed by atoms with E-state index in [9.17, 15) is 14.3 Å². The average molecular weight is 252 g/mol. The number of rotatable bonds is 2. The van der Waals surface area contributed by atoms with Gasteiger partial charge in [0.15, 0.2) is 0 Å². The molecule has 1 aliphatic rings. The van der Waals surface area contributed by atoms with Crippen molar-refractivity contribution in [2.45, 2.75) is 18.9 Å². The minimum Gasteiger partial charge on any atom is -0.465 e. The Bertz CT molecular complexity index is 452. The summed E-state index contributed by atoms with van der Waals surface area (Å²) >= 11 is 0. The highest BCUT2D eigenvalue weighted by Gasteiger charge is 2.43. The van der Waals surface area contributed by atoms with Crippen molar-refractivity contribution in [1.82, 2.24) is 10.2 Å². The SMILES string of the molecule is CCC1(c2ccccc2F)CNCCN1C(=O)O. The van der Waals surface area contributed by atoms with Crippen LogP contribution in [-0.2, 0) is 5.54 Å². The van der Waals surface area contributed by atoms with Crippen LogP contribution < -0.4 is 5.32 Å². The Morgan fingerprint density at radius 2 is 2.28 bits per heavy atom. The number of halogens is 1. The molecule has 2 N–H and O–H groups in total. The van der Waals surface area contributed by atoms with E-state index in [1.54, 1.807) is 18.2 Å². The molecule has 4 nitrogen and oxygen atoms in total. The van der Waals surface area contributed by atoms with Gasteiger partial charge in [-0.05, 0) is 12.5 Å². The molecular weight excluding hydrogens is 235 g/mol. The number of hydrogen-bond acceptors (Lipinski definition) is 2. The van der Waals surface area contributed by atoms with E-state index in [4.69, 9.17) is 0 Å². The van der Waals surface area contributed by atoms with Crippen LogP contribution in [0.15, 0.2) is 24.3 Å². The van der Waals surface area contributed by atoms with E-state index in [1.165, 1.54) is 11.0 Å². The summed E-state index contributed by atoms with van der Waals surface area (Å²) < 4.78 is 14.0. The first kappa shape index (κ1) is 12.8. The molecular formula is C13H17FN2O2. The molecule has 1 fully saturated rings. The summed E-state index contributed by atoms with van der Waals surface area (Å²) in [5, 5.41) is 12.5. The van der Waals surface area contributed by atoms with Crippen LogP contribution in [0.2, 0.25) is 0 Å². The van der Waals surface area contributed by atoms with Crippen LogP contribution >= 0.6 is 0 Å². The molecule has 98 valence electrons. The minimum atomic E-state index is -0.999. The summed E-state index contributed by atoms with van der Waals surface area (Å²) in [4.78, 5) is 12.7. The lowest BCUT2D eigenvalue weighted by molar-refractivity contribution is 0.0495. The summed E-state index contributed by atoms with van der Waals surface area (Å²) in [6.45, 7) is 3.30. The molecule has 1 saturated heterocycles. The Hall–Kier alpha value is -1.62. The van der Waals surface area contributed by atoms with Gasteiger partial charge in [0.05, 0.1) is 5.54 Å². The van der Waals surface area contributed by atoms with Crippen molar-refractivity contribution in [2.24, 2.45) is 0 Å². The Morgan fingerprint density at radius 1 is 1.56 bits per heavy atom. The third-order valence-corrected chi connectivity index (χ3v) is 3.64. The summed E-state index contributed by atoms with van der Waals surface area (Å²) in [6.07, 6.45) is -0.464. The normalized spacial score (nSPS) is 24.0. The molecule has 1 atom stereocenters. The van der Waals surface area contributed by atoms with Gasteiger partial charge in [-0.3, -0.25) is 4.90 Å². The van der Waals surface area contributed by atoms with Gasteiger partial charge in [-0.25, -0.2) is 9.18 Å². The van der Waals surface area contributed by atoms with Crippen LogP contribution in [-0.4, -0.2) is 35.7 Å². The lowest BCUT2D eigenvalue weighted by atomic mass is 9.83. The van der Waals surface area contributed by atoms with Crippen molar-refractivity contribution in [3.8, 4) is 0 Å². The number of carbonyl (C=O) groups is 1. The molecule has 0 saturated carbocycles. The fourth-order valence-electron chi connectivity index (χ4n) is 2.66. The standard InChI is InChI=1S/C13H17FN2O2/c1-2-13(10-5-3-4-6-11(10)14)9-15-7-8-16(13)12(17)18/h3-6,15H,2,7-9H2,1H3,(H,17,18). The minimum absolute atomic E-state index is 0.352. The third-order valence-electron chi connectivity index (χ3n) is 3.64. The highest BCUT2D eigenvalue weighted by Crippen LogP contribution is 2.34. The van der Waals surface area contributed by atoms with Crippen molar-refractivity contribution in [3.63, 3.8) is 0 Å². The number of benzene rings is 1. The Labute approximate surface area is 105 Å². The molecule has 18 heavy (non-hydrogen) atoms. The van der Waals surface area contributed by atoms with Crippen LogP contribution in [0.25, 0.3) is 0 Å². The van der Waals surface area contributed by atoms with Gasteiger partial charge in [-0.1, -0.05) is 25.1 Å². The largest absolute Gasteiger partial charge is 0.465 e. The van der Waals surface area contributed by atoms with Gasteiger partial charge in [0.2, 0.25) is 0 Å².